The van der Waals surface area contributed by atoms with Gasteiger partial charge in [-0.2, -0.15) is 0 Å². The predicted octanol–water partition coefficient (Wildman–Crippen LogP) is -3.36. The Balaban J connectivity index is 2.77. The molecule has 1 saturated heterocycles. The van der Waals surface area contributed by atoms with Crippen LogP contribution < -0.4 is 5.73 Å². The van der Waals surface area contributed by atoms with Gasteiger partial charge in [-0.15, -0.1) is 0 Å². The summed E-state index contributed by atoms with van der Waals surface area (Å²) in [6.45, 7) is 2.44. The zero-order valence-electron chi connectivity index (χ0n) is 15.6. The van der Waals surface area contributed by atoms with Gasteiger partial charge in [-0.25, -0.2) is 0 Å². The lowest BCUT2D eigenvalue weighted by Crippen LogP contribution is -2.58. The molecule has 11 heteroatoms. The van der Waals surface area contributed by atoms with Crippen LogP contribution >= 0.6 is 0 Å². The van der Waals surface area contributed by atoms with Crippen LogP contribution in [0.3, 0.4) is 0 Å². The van der Waals surface area contributed by atoms with Crippen molar-refractivity contribution in [1.29, 1.82) is 0 Å². The van der Waals surface area contributed by atoms with E-state index in [1.807, 2.05) is 0 Å². The van der Waals surface area contributed by atoms with Gasteiger partial charge >= 0.3 is 0 Å². The van der Waals surface area contributed by atoms with Crippen LogP contribution in [0.15, 0.2) is 0 Å². The van der Waals surface area contributed by atoms with Crippen LogP contribution in [0, 0.1) is 0 Å². The summed E-state index contributed by atoms with van der Waals surface area (Å²) in [5, 5.41) is 57.8. The van der Waals surface area contributed by atoms with E-state index >= 15 is 0 Å². The van der Waals surface area contributed by atoms with Crippen molar-refractivity contribution in [2.45, 2.75) is 75.6 Å². The SMILES string of the molecule is CC1O[C@@H](O[C@@H](C)[C@H](OCCCN)OC(CO)[C@H](O)CO)[C@@H](O)C(O)[C@@H]1O. The van der Waals surface area contributed by atoms with Crippen LogP contribution in [0.5, 0.6) is 0 Å². The highest BCUT2D eigenvalue weighted by molar-refractivity contribution is 4.87. The molecular formula is C16H33NO10. The molecule has 0 aromatic rings. The molecule has 0 amide bonds. The lowest BCUT2D eigenvalue weighted by atomic mass is 10.00. The van der Waals surface area contributed by atoms with Crippen molar-refractivity contribution < 1.29 is 49.6 Å². The van der Waals surface area contributed by atoms with E-state index in [1.165, 1.54) is 6.92 Å². The average Bonchev–Trinajstić information content (AvgIpc) is 2.66. The van der Waals surface area contributed by atoms with E-state index in [0.29, 0.717) is 13.0 Å². The van der Waals surface area contributed by atoms with Crippen LogP contribution in [0.4, 0.5) is 0 Å². The van der Waals surface area contributed by atoms with Gasteiger partial charge < -0.3 is 55.3 Å². The lowest BCUT2D eigenvalue weighted by Gasteiger charge is -2.41. The number of nitrogens with two attached hydrogens (primary N) is 1. The van der Waals surface area contributed by atoms with Gasteiger partial charge in [0.1, 0.15) is 36.6 Å². The van der Waals surface area contributed by atoms with Crippen LogP contribution in [0.1, 0.15) is 20.3 Å². The Morgan fingerprint density at radius 3 is 2.30 bits per heavy atom. The minimum Gasteiger partial charge on any atom is -0.394 e. The molecule has 27 heavy (non-hydrogen) atoms. The standard InChI is InChI=1S/C16H33NO10/c1-8-12(21)13(22)14(23)16(25-8)26-9(2)15(24-5-3-4-17)27-11(7-19)10(20)6-18/h8-16,18-23H,3-7,17H2,1-2H3/t8?,9-,10+,11?,12+,13?,14-,15+,16-/m0/s1. The van der Waals surface area contributed by atoms with Crippen molar-refractivity contribution in [2.75, 3.05) is 26.4 Å². The fraction of sp³-hybridized carbons (Fsp3) is 1.00. The Morgan fingerprint density at radius 2 is 1.74 bits per heavy atom. The Kier molecular flexibility index (Phi) is 11.1. The number of hydrogen-bond donors (Lipinski definition) is 7. The number of hydrogen-bond acceptors (Lipinski definition) is 11. The second-order valence-corrected chi connectivity index (χ2v) is 6.51. The molecule has 1 heterocycles. The Morgan fingerprint density at radius 1 is 1.07 bits per heavy atom. The van der Waals surface area contributed by atoms with E-state index in [-0.39, 0.29) is 6.61 Å². The van der Waals surface area contributed by atoms with Gasteiger partial charge in [0.25, 0.3) is 0 Å². The molecular weight excluding hydrogens is 366 g/mol. The second kappa shape index (κ2) is 12.2. The number of aliphatic hydroxyl groups is 6. The first-order chi connectivity index (χ1) is 12.8. The summed E-state index contributed by atoms with van der Waals surface area (Å²) in [6.07, 6.45) is -10.2. The van der Waals surface area contributed by atoms with Crippen LogP contribution in [-0.4, -0.2) is 112 Å². The highest BCUT2D eigenvalue weighted by Gasteiger charge is 2.44. The largest absolute Gasteiger partial charge is 0.394 e. The van der Waals surface area contributed by atoms with Crippen LogP contribution in [-0.2, 0) is 18.9 Å². The summed E-state index contributed by atoms with van der Waals surface area (Å²) in [6, 6.07) is 0. The zero-order chi connectivity index (χ0) is 20.6. The van der Waals surface area contributed by atoms with Gasteiger partial charge in [0.05, 0.1) is 25.9 Å². The molecule has 0 aromatic heterocycles. The van der Waals surface area contributed by atoms with E-state index in [9.17, 15) is 25.5 Å². The van der Waals surface area contributed by atoms with E-state index in [2.05, 4.69) is 0 Å². The first-order valence-corrected chi connectivity index (χ1v) is 8.98. The van der Waals surface area contributed by atoms with Gasteiger partial charge in [0.15, 0.2) is 12.6 Å². The normalized spacial score (nSPS) is 33.4. The maximum absolute atomic E-state index is 10.1. The van der Waals surface area contributed by atoms with E-state index in [0.717, 1.165) is 0 Å². The molecule has 11 nitrogen and oxygen atoms in total. The summed E-state index contributed by atoms with van der Waals surface area (Å²) in [5.74, 6) is 0. The molecule has 162 valence electrons. The highest BCUT2D eigenvalue weighted by atomic mass is 16.7. The summed E-state index contributed by atoms with van der Waals surface area (Å²) < 4.78 is 22.0. The van der Waals surface area contributed by atoms with Gasteiger partial charge in [-0.05, 0) is 26.8 Å². The van der Waals surface area contributed by atoms with Gasteiger partial charge in [-0.1, -0.05) is 0 Å². The molecule has 1 fully saturated rings. The molecule has 0 saturated carbocycles. The zero-order valence-corrected chi connectivity index (χ0v) is 15.6. The Labute approximate surface area is 158 Å². The van der Waals surface area contributed by atoms with Gasteiger partial charge in [0, 0.05) is 0 Å². The quantitative estimate of drug-likeness (QED) is 0.128. The third-order valence-corrected chi connectivity index (χ3v) is 4.28. The molecule has 0 aliphatic carbocycles. The fourth-order valence-electron chi connectivity index (χ4n) is 2.52. The van der Waals surface area contributed by atoms with Crippen molar-refractivity contribution in [2.24, 2.45) is 5.73 Å². The molecule has 9 atom stereocenters. The monoisotopic (exact) mass is 399 g/mol. The van der Waals surface area contributed by atoms with Crippen molar-refractivity contribution in [3.8, 4) is 0 Å². The molecule has 0 bridgehead atoms. The average molecular weight is 399 g/mol. The summed E-state index contributed by atoms with van der Waals surface area (Å²) in [7, 11) is 0. The molecule has 8 N–H and O–H groups in total. The highest BCUT2D eigenvalue weighted by Crippen LogP contribution is 2.24. The molecule has 3 unspecified atom stereocenters. The fourth-order valence-corrected chi connectivity index (χ4v) is 2.52. The second-order valence-electron chi connectivity index (χ2n) is 6.51. The minimum atomic E-state index is -1.50. The molecule has 1 aliphatic heterocycles. The minimum absolute atomic E-state index is 0.202. The van der Waals surface area contributed by atoms with E-state index < -0.39 is 68.5 Å². The van der Waals surface area contributed by atoms with Crippen molar-refractivity contribution in [3.63, 3.8) is 0 Å². The molecule has 0 spiro atoms. The number of aliphatic hydroxyl groups excluding tert-OH is 6. The molecule has 0 radical (unpaired) electrons. The number of rotatable bonds is 12. The molecule has 1 aliphatic rings. The Hall–Kier alpha value is -0.440. The topological polar surface area (TPSA) is 184 Å². The number of ether oxygens (including phenoxy) is 4. The van der Waals surface area contributed by atoms with E-state index in [1.54, 1.807) is 6.92 Å². The molecule has 1 rings (SSSR count). The van der Waals surface area contributed by atoms with Gasteiger partial charge in [0.2, 0.25) is 0 Å². The van der Waals surface area contributed by atoms with Crippen LogP contribution in [0.2, 0.25) is 0 Å². The summed E-state index contributed by atoms with van der Waals surface area (Å²) >= 11 is 0. The van der Waals surface area contributed by atoms with E-state index in [4.69, 9.17) is 29.8 Å². The summed E-state index contributed by atoms with van der Waals surface area (Å²) in [5.41, 5.74) is 5.43. The van der Waals surface area contributed by atoms with Crippen molar-refractivity contribution in [1.82, 2.24) is 0 Å². The predicted molar refractivity (Wildman–Crippen MR) is 91.4 cm³/mol. The van der Waals surface area contributed by atoms with Crippen molar-refractivity contribution in [3.05, 3.63) is 0 Å². The first-order valence-electron chi connectivity index (χ1n) is 8.98. The maximum Gasteiger partial charge on any atom is 0.187 e. The summed E-state index contributed by atoms with van der Waals surface area (Å²) in [4.78, 5) is 0. The third kappa shape index (κ3) is 7.15. The molecule has 0 aromatic carbocycles. The third-order valence-electron chi connectivity index (χ3n) is 4.28. The van der Waals surface area contributed by atoms with Gasteiger partial charge in [-0.3, -0.25) is 0 Å². The Bertz CT molecular complexity index is 403. The van der Waals surface area contributed by atoms with Crippen LogP contribution in [0.25, 0.3) is 0 Å². The first kappa shape index (κ1) is 24.6. The maximum atomic E-state index is 10.1. The lowest BCUT2D eigenvalue weighted by molar-refractivity contribution is -0.329. The smallest absolute Gasteiger partial charge is 0.187 e. The van der Waals surface area contributed by atoms with Crippen molar-refractivity contribution >= 4 is 0 Å².